The maximum atomic E-state index is 6.06. The highest BCUT2D eigenvalue weighted by Gasteiger charge is 2.37. The van der Waals surface area contributed by atoms with Crippen LogP contribution in [0.15, 0.2) is 24.5 Å². The molecule has 0 aromatic carbocycles. The molecule has 1 N–H and O–H groups in total. The standard InChI is InChI=1S/C13H19N3O/c1-5-14-6-2-12(1)16-9-10-17-13(11-16)3-7-15-8-4-13/h1-2,5-6,15H,3-4,7-11H2. The van der Waals surface area contributed by atoms with E-state index in [4.69, 9.17) is 4.74 Å². The minimum Gasteiger partial charge on any atom is -0.371 e. The summed E-state index contributed by atoms with van der Waals surface area (Å²) in [5, 5.41) is 3.40. The van der Waals surface area contributed by atoms with E-state index >= 15 is 0 Å². The van der Waals surface area contributed by atoms with E-state index in [1.165, 1.54) is 5.69 Å². The quantitative estimate of drug-likeness (QED) is 0.786. The molecule has 3 heterocycles. The van der Waals surface area contributed by atoms with Crippen LogP contribution in [0.25, 0.3) is 0 Å². The Morgan fingerprint density at radius 1 is 1.24 bits per heavy atom. The summed E-state index contributed by atoms with van der Waals surface area (Å²) in [6.45, 7) is 4.98. The molecule has 0 amide bonds. The van der Waals surface area contributed by atoms with Crippen LogP contribution >= 0.6 is 0 Å². The van der Waals surface area contributed by atoms with Gasteiger partial charge in [0.05, 0.1) is 12.2 Å². The van der Waals surface area contributed by atoms with E-state index in [9.17, 15) is 0 Å². The normalized spacial score (nSPS) is 23.9. The van der Waals surface area contributed by atoms with Crippen molar-refractivity contribution in [3.8, 4) is 0 Å². The van der Waals surface area contributed by atoms with Gasteiger partial charge in [0.1, 0.15) is 0 Å². The third-order valence-electron chi connectivity index (χ3n) is 3.79. The molecule has 2 saturated heterocycles. The zero-order chi connectivity index (χ0) is 11.6. The number of hydrogen-bond donors (Lipinski definition) is 1. The highest BCUT2D eigenvalue weighted by molar-refractivity contribution is 5.45. The van der Waals surface area contributed by atoms with Gasteiger partial charge in [0.25, 0.3) is 0 Å². The van der Waals surface area contributed by atoms with Gasteiger partial charge in [-0.1, -0.05) is 0 Å². The lowest BCUT2D eigenvalue weighted by molar-refractivity contribution is -0.0738. The number of piperidine rings is 1. The lowest BCUT2D eigenvalue weighted by Crippen LogP contribution is -2.56. The van der Waals surface area contributed by atoms with E-state index < -0.39 is 0 Å². The summed E-state index contributed by atoms with van der Waals surface area (Å²) < 4.78 is 6.06. The number of aromatic nitrogens is 1. The molecule has 0 unspecified atom stereocenters. The van der Waals surface area contributed by atoms with Crippen molar-refractivity contribution >= 4 is 5.69 Å². The molecule has 2 aliphatic rings. The fraction of sp³-hybridized carbons (Fsp3) is 0.615. The van der Waals surface area contributed by atoms with Gasteiger partial charge in [-0.15, -0.1) is 0 Å². The van der Waals surface area contributed by atoms with Crippen molar-refractivity contribution in [2.75, 3.05) is 37.7 Å². The predicted molar refractivity (Wildman–Crippen MR) is 67.2 cm³/mol. The van der Waals surface area contributed by atoms with Crippen molar-refractivity contribution < 1.29 is 4.74 Å². The summed E-state index contributed by atoms with van der Waals surface area (Å²) in [5.41, 5.74) is 1.34. The zero-order valence-electron chi connectivity index (χ0n) is 10.1. The largest absolute Gasteiger partial charge is 0.371 e. The molecule has 17 heavy (non-hydrogen) atoms. The van der Waals surface area contributed by atoms with Crippen molar-refractivity contribution in [2.45, 2.75) is 18.4 Å². The number of rotatable bonds is 1. The first-order chi connectivity index (χ1) is 8.38. The topological polar surface area (TPSA) is 37.4 Å². The second-order valence-corrected chi connectivity index (χ2v) is 4.91. The fourth-order valence-electron chi connectivity index (χ4n) is 2.80. The summed E-state index contributed by atoms with van der Waals surface area (Å²) in [6, 6.07) is 4.17. The van der Waals surface area contributed by atoms with Crippen LogP contribution in [0.5, 0.6) is 0 Å². The van der Waals surface area contributed by atoms with Gasteiger partial charge >= 0.3 is 0 Å². The van der Waals surface area contributed by atoms with Gasteiger partial charge in [0.2, 0.25) is 0 Å². The molecule has 2 fully saturated rings. The Kier molecular flexibility index (Phi) is 2.99. The number of nitrogens with one attached hydrogen (secondary N) is 1. The third-order valence-corrected chi connectivity index (χ3v) is 3.79. The van der Waals surface area contributed by atoms with Crippen LogP contribution in [0.2, 0.25) is 0 Å². The first-order valence-electron chi connectivity index (χ1n) is 6.38. The van der Waals surface area contributed by atoms with Gasteiger partial charge in [-0.25, -0.2) is 0 Å². The summed E-state index contributed by atoms with van der Waals surface area (Å²) in [4.78, 5) is 6.50. The van der Waals surface area contributed by atoms with Crippen LogP contribution in [0, 0.1) is 0 Å². The molecule has 0 radical (unpaired) electrons. The maximum absolute atomic E-state index is 6.06. The average molecular weight is 233 g/mol. The number of pyridine rings is 1. The summed E-state index contributed by atoms with van der Waals surface area (Å²) >= 11 is 0. The van der Waals surface area contributed by atoms with Gasteiger partial charge in [-0.05, 0) is 38.1 Å². The van der Waals surface area contributed by atoms with Crippen molar-refractivity contribution in [1.82, 2.24) is 10.3 Å². The first-order valence-corrected chi connectivity index (χ1v) is 6.38. The Labute approximate surface area is 102 Å². The van der Waals surface area contributed by atoms with Crippen LogP contribution in [0.1, 0.15) is 12.8 Å². The highest BCUT2D eigenvalue weighted by Crippen LogP contribution is 2.29. The second-order valence-electron chi connectivity index (χ2n) is 4.91. The molecule has 2 aliphatic heterocycles. The fourth-order valence-corrected chi connectivity index (χ4v) is 2.80. The molecule has 1 aromatic heterocycles. The van der Waals surface area contributed by atoms with Gasteiger partial charge < -0.3 is 15.0 Å². The summed E-state index contributed by atoms with van der Waals surface area (Å²) in [7, 11) is 0. The Hall–Kier alpha value is -1.13. The molecule has 1 spiro atoms. The Morgan fingerprint density at radius 2 is 2.00 bits per heavy atom. The van der Waals surface area contributed by atoms with E-state index in [1.54, 1.807) is 0 Å². The molecule has 0 aliphatic carbocycles. The Balaban J connectivity index is 1.75. The molecule has 92 valence electrons. The Bertz CT molecular complexity index is 357. The summed E-state index contributed by atoms with van der Waals surface area (Å²) in [6.07, 6.45) is 5.96. The van der Waals surface area contributed by atoms with E-state index in [0.29, 0.717) is 0 Å². The van der Waals surface area contributed by atoms with E-state index in [0.717, 1.165) is 45.6 Å². The van der Waals surface area contributed by atoms with Crippen LogP contribution in [0.3, 0.4) is 0 Å². The number of anilines is 1. The molecular formula is C13H19N3O. The van der Waals surface area contributed by atoms with E-state index in [-0.39, 0.29) is 5.60 Å². The Morgan fingerprint density at radius 3 is 2.76 bits per heavy atom. The van der Waals surface area contributed by atoms with E-state index in [2.05, 4.69) is 27.3 Å². The molecule has 3 rings (SSSR count). The second kappa shape index (κ2) is 4.63. The van der Waals surface area contributed by atoms with E-state index in [1.807, 2.05) is 12.4 Å². The van der Waals surface area contributed by atoms with Gasteiger partial charge in [0, 0.05) is 31.2 Å². The molecule has 4 nitrogen and oxygen atoms in total. The lowest BCUT2D eigenvalue weighted by Gasteiger charge is -2.46. The molecule has 1 aromatic rings. The number of nitrogens with zero attached hydrogens (tertiary/aromatic N) is 2. The van der Waals surface area contributed by atoms with Crippen LogP contribution < -0.4 is 10.2 Å². The molecule has 0 saturated carbocycles. The molecule has 0 atom stereocenters. The molecular weight excluding hydrogens is 214 g/mol. The SMILES string of the molecule is c1cc(N2CCOC3(CCNCC3)C2)ccn1. The van der Waals surface area contributed by atoms with Crippen molar-refractivity contribution in [2.24, 2.45) is 0 Å². The number of morpholine rings is 1. The van der Waals surface area contributed by atoms with Crippen LogP contribution in [0.4, 0.5) is 5.69 Å². The smallest absolute Gasteiger partial charge is 0.0881 e. The first kappa shape index (κ1) is 11.0. The highest BCUT2D eigenvalue weighted by atomic mass is 16.5. The third kappa shape index (κ3) is 2.28. The van der Waals surface area contributed by atoms with Gasteiger partial charge in [-0.3, -0.25) is 4.98 Å². The molecule has 4 heteroatoms. The monoisotopic (exact) mass is 233 g/mol. The number of hydrogen-bond acceptors (Lipinski definition) is 4. The van der Waals surface area contributed by atoms with Crippen LogP contribution in [-0.4, -0.2) is 43.4 Å². The molecule has 0 bridgehead atoms. The average Bonchev–Trinajstić information content (AvgIpc) is 2.41. The van der Waals surface area contributed by atoms with Gasteiger partial charge in [0.15, 0.2) is 0 Å². The van der Waals surface area contributed by atoms with Crippen molar-refractivity contribution in [1.29, 1.82) is 0 Å². The van der Waals surface area contributed by atoms with Crippen molar-refractivity contribution in [3.63, 3.8) is 0 Å². The summed E-state index contributed by atoms with van der Waals surface area (Å²) in [5.74, 6) is 0. The minimum atomic E-state index is 0.0762. The minimum absolute atomic E-state index is 0.0762. The van der Waals surface area contributed by atoms with Crippen molar-refractivity contribution in [3.05, 3.63) is 24.5 Å². The maximum Gasteiger partial charge on any atom is 0.0881 e. The van der Waals surface area contributed by atoms with Crippen LogP contribution in [-0.2, 0) is 4.74 Å². The zero-order valence-corrected chi connectivity index (χ0v) is 10.1. The number of ether oxygens (including phenoxy) is 1. The van der Waals surface area contributed by atoms with Gasteiger partial charge in [-0.2, -0.15) is 0 Å². The lowest BCUT2D eigenvalue weighted by atomic mass is 9.90. The predicted octanol–water partition coefficient (Wildman–Crippen LogP) is 1.04.